The van der Waals surface area contributed by atoms with Crippen LogP contribution in [0.5, 0.6) is 0 Å². The van der Waals surface area contributed by atoms with E-state index < -0.39 is 15.9 Å². The standard InChI is InChI=1S/C8H17NO4S/c1-6(3-10)2-9-7-4-14(12,13)5-8(7)11/h6-11H,2-5H2,1H3. The van der Waals surface area contributed by atoms with E-state index in [1.807, 2.05) is 6.92 Å². The van der Waals surface area contributed by atoms with Crippen molar-refractivity contribution in [3.63, 3.8) is 0 Å². The van der Waals surface area contributed by atoms with Crippen LogP contribution in [0.2, 0.25) is 0 Å². The molecular formula is C8H17NO4S. The van der Waals surface area contributed by atoms with Crippen molar-refractivity contribution in [3.05, 3.63) is 0 Å². The summed E-state index contributed by atoms with van der Waals surface area (Å²) in [5.74, 6) is -0.0877. The van der Waals surface area contributed by atoms with Crippen LogP contribution in [-0.4, -0.2) is 55.4 Å². The molecule has 0 aromatic carbocycles. The average molecular weight is 223 g/mol. The van der Waals surface area contributed by atoms with Gasteiger partial charge in [0.1, 0.15) is 0 Å². The predicted molar refractivity (Wildman–Crippen MR) is 52.7 cm³/mol. The Hall–Kier alpha value is -0.170. The minimum atomic E-state index is -3.07. The highest BCUT2D eigenvalue weighted by Crippen LogP contribution is 2.12. The number of hydrogen-bond donors (Lipinski definition) is 3. The molecule has 1 aliphatic rings. The highest BCUT2D eigenvalue weighted by atomic mass is 32.2. The van der Waals surface area contributed by atoms with Crippen molar-refractivity contribution in [1.29, 1.82) is 0 Å². The Labute approximate surface area is 84.1 Å². The van der Waals surface area contributed by atoms with Crippen LogP contribution < -0.4 is 5.32 Å². The summed E-state index contributed by atoms with van der Waals surface area (Å²) in [5, 5.41) is 21.1. The first-order valence-electron chi connectivity index (χ1n) is 4.67. The van der Waals surface area contributed by atoms with E-state index in [-0.39, 0.29) is 30.1 Å². The van der Waals surface area contributed by atoms with E-state index in [9.17, 15) is 13.5 Å². The zero-order valence-corrected chi connectivity index (χ0v) is 9.00. The largest absolute Gasteiger partial charge is 0.396 e. The Morgan fingerprint density at radius 3 is 2.57 bits per heavy atom. The van der Waals surface area contributed by atoms with E-state index in [1.54, 1.807) is 0 Å². The second kappa shape index (κ2) is 4.57. The molecule has 3 atom stereocenters. The molecule has 0 saturated carbocycles. The van der Waals surface area contributed by atoms with Crippen molar-refractivity contribution in [1.82, 2.24) is 5.32 Å². The molecule has 0 amide bonds. The maximum Gasteiger partial charge on any atom is 0.154 e. The van der Waals surface area contributed by atoms with Crippen molar-refractivity contribution >= 4 is 9.84 Å². The number of hydrogen-bond acceptors (Lipinski definition) is 5. The van der Waals surface area contributed by atoms with Gasteiger partial charge in [0.15, 0.2) is 9.84 Å². The van der Waals surface area contributed by atoms with Gasteiger partial charge in [-0.1, -0.05) is 6.92 Å². The molecule has 3 unspecified atom stereocenters. The van der Waals surface area contributed by atoms with Crippen molar-refractivity contribution in [2.75, 3.05) is 24.7 Å². The molecule has 0 aromatic heterocycles. The van der Waals surface area contributed by atoms with E-state index in [4.69, 9.17) is 5.11 Å². The van der Waals surface area contributed by atoms with E-state index in [0.717, 1.165) is 0 Å². The van der Waals surface area contributed by atoms with E-state index in [0.29, 0.717) is 6.54 Å². The molecule has 1 fully saturated rings. The van der Waals surface area contributed by atoms with E-state index in [2.05, 4.69) is 5.32 Å². The fraction of sp³-hybridized carbons (Fsp3) is 1.00. The molecule has 0 aliphatic carbocycles. The zero-order valence-electron chi connectivity index (χ0n) is 8.18. The van der Waals surface area contributed by atoms with Crippen LogP contribution in [0.1, 0.15) is 6.92 Å². The third kappa shape index (κ3) is 3.20. The highest BCUT2D eigenvalue weighted by molar-refractivity contribution is 7.91. The Bertz CT molecular complexity index is 277. The fourth-order valence-electron chi connectivity index (χ4n) is 1.44. The number of nitrogens with one attached hydrogen (secondary N) is 1. The summed E-state index contributed by atoms with van der Waals surface area (Å²) >= 11 is 0. The molecule has 1 rings (SSSR count). The molecule has 1 heterocycles. The topological polar surface area (TPSA) is 86.6 Å². The summed E-state index contributed by atoms with van der Waals surface area (Å²) in [7, 11) is -3.07. The van der Waals surface area contributed by atoms with Gasteiger partial charge in [0, 0.05) is 19.2 Å². The molecule has 14 heavy (non-hydrogen) atoms. The smallest absolute Gasteiger partial charge is 0.154 e. The van der Waals surface area contributed by atoms with Crippen LogP contribution in [0.25, 0.3) is 0 Å². The van der Waals surface area contributed by atoms with Crippen LogP contribution in [0.4, 0.5) is 0 Å². The van der Waals surface area contributed by atoms with Gasteiger partial charge in [-0.3, -0.25) is 0 Å². The van der Waals surface area contributed by atoms with Gasteiger partial charge in [0.25, 0.3) is 0 Å². The Morgan fingerprint density at radius 1 is 1.50 bits per heavy atom. The third-order valence-electron chi connectivity index (χ3n) is 2.36. The summed E-state index contributed by atoms with van der Waals surface area (Å²) < 4.78 is 22.2. The maximum atomic E-state index is 11.1. The zero-order chi connectivity index (χ0) is 10.8. The summed E-state index contributed by atoms with van der Waals surface area (Å²) in [6, 6.07) is -0.381. The lowest BCUT2D eigenvalue weighted by Crippen LogP contribution is -2.41. The van der Waals surface area contributed by atoms with E-state index >= 15 is 0 Å². The van der Waals surface area contributed by atoms with Crippen molar-refractivity contribution < 1.29 is 18.6 Å². The summed E-state index contributed by atoms with van der Waals surface area (Å²) in [6.07, 6.45) is -0.814. The summed E-state index contributed by atoms with van der Waals surface area (Å²) in [5.41, 5.74) is 0. The van der Waals surface area contributed by atoms with Crippen LogP contribution in [0.15, 0.2) is 0 Å². The number of aliphatic hydroxyl groups excluding tert-OH is 2. The molecule has 5 nitrogen and oxygen atoms in total. The minimum absolute atomic E-state index is 0.00762. The van der Waals surface area contributed by atoms with Crippen molar-refractivity contribution in [2.24, 2.45) is 5.92 Å². The Kier molecular flexibility index (Phi) is 3.88. The molecule has 0 radical (unpaired) electrons. The quantitative estimate of drug-likeness (QED) is 0.532. The van der Waals surface area contributed by atoms with Crippen molar-refractivity contribution in [2.45, 2.75) is 19.1 Å². The molecule has 84 valence electrons. The fourth-order valence-corrected chi connectivity index (χ4v) is 3.22. The molecule has 1 saturated heterocycles. The summed E-state index contributed by atoms with van der Waals surface area (Å²) in [4.78, 5) is 0. The number of aliphatic hydroxyl groups is 2. The summed E-state index contributed by atoms with van der Waals surface area (Å²) in [6.45, 7) is 2.43. The van der Waals surface area contributed by atoms with Crippen LogP contribution >= 0.6 is 0 Å². The SMILES string of the molecule is CC(CO)CNC1CS(=O)(=O)CC1O. The minimum Gasteiger partial charge on any atom is -0.396 e. The van der Waals surface area contributed by atoms with Crippen molar-refractivity contribution in [3.8, 4) is 0 Å². The monoisotopic (exact) mass is 223 g/mol. The van der Waals surface area contributed by atoms with Gasteiger partial charge in [0.2, 0.25) is 0 Å². The first kappa shape index (κ1) is 11.9. The Balaban J connectivity index is 2.40. The predicted octanol–water partition coefficient (Wildman–Crippen LogP) is -1.64. The van der Waals surface area contributed by atoms with Gasteiger partial charge in [-0.25, -0.2) is 8.42 Å². The van der Waals surface area contributed by atoms with Gasteiger partial charge in [-0.15, -0.1) is 0 Å². The van der Waals surface area contributed by atoms with Gasteiger partial charge in [-0.05, 0) is 5.92 Å². The van der Waals surface area contributed by atoms with E-state index in [1.165, 1.54) is 0 Å². The molecule has 3 N–H and O–H groups in total. The normalized spacial score (nSPS) is 33.1. The van der Waals surface area contributed by atoms with Gasteiger partial charge in [-0.2, -0.15) is 0 Å². The molecule has 0 bridgehead atoms. The lowest BCUT2D eigenvalue weighted by Gasteiger charge is -2.17. The maximum absolute atomic E-state index is 11.1. The van der Waals surface area contributed by atoms with Gasteiger partial charge < -0.3 is 15.5 Å². The molecular weight excluding hydrogens is 206 g/mol. The third-order valence-corrected chi connectivity index (χ3v) is 4.08. The van der Waals surface area contributed by atoms with Gasteiger partial charge >= 0.3 is 0 Å². The van der Waals surface area contributed by atoms with Crippen LogP contribution in [0, 0.1) is 5.92 Å². The first-order valence-corrected chi connectivity index (χ1v) is 6.49. The Morgan fingerprint density at radius 2 is 2.14 bits per heavy atom. The lowest BCUT2D eigenvalue weighted by molar-refractivity contribution is 0.157. The van der Waals surface area contributed by atoms with Gasteiger partial charge in [0.05, 0.1) is 17.6 Å². The molecule has 6 heteroatoms. The second-order valence-electron chi connectivity index (χ2n) is 3.95. The lowest BCUT2D eigenvalue weighted by atomic mass is 10.1. The second-order valence-corrected chi connectivity index (χ2v) is 6.10. The molecule has 0 aromatic rings. The number of sulfone groups is 1. The molecule has 0 spiro atoms. The highest BCUT2D eigenvalue weighted by Gasteiger charge is 2.35. The van der Waals surface area contributed by atoms with Crippen LogP contribution in [0.3, 0.4) is 0 Å². The average Bonchev–Trinajstić information content (AvgIpc) is 2.35. The number of rotatable bonds is 4. The first-order chi connectivity index (χ1) is 6.44. The van der Waals surface area contributed by atoms with Crippen LogP contribution in [-0.2, 0) is 9.84 Å². The molecule has 1 aliphatic heterocycles.